The molecule has 0 aromatic heterocycles. The van der Waals surface area contributed by atoms with E-state index in [2.05, 4.69) is 4.90 Å². The maximum atomic E-state index is 11.3. The molecule has 0 heterocycles. The third-order valence-electron chi connectivity index (χ3n) is 2.54. The summed E-state index contributed by atoms with van der Waals surface area (Å²) >= 11 is 0. The quantitative estimate of drug-likeness (QED) is 0.775. The van der Waals surface area contributed by atoms with Crippen molar-refractivity contribution < 1.29 is 4.79 Å². The van der Waals surface area contributed by atoms with Gasteiger partial charge in [-0.25, -0.2) is 0 Å². The van der Waals surface area contributed by atoms with Gasteiger partial charge in [-0.15, -0.1) is 0 Å². The number of aryl methyl sites for hydroxylation is 1. The van der Waals surface area contributed by atoms with E-state index in [-0.39, 0.29) is 0 Å². The van der Waals surface area contributed by atoms with E-state index in [1.165, 1.54) is 0 Å². The van der Waals surface area contributed by atoms with Crippen LogP contribution in [-0.2, 0) is 0 Å². The fraction of sp³-hybridized carbons (Fsp3) is 0.417. The number of nitrogens with zero attached hydrogens (tertiary/aromatic N) is 1. The molecule has 1 rings (SSSR count). The molecule has 0 aliphatic heterocycles. The van der Waals surface area contributed by atoms with E-state index >= 15 is 0 Å². The van der Waals surface area contributed by atoms with Crippen molar-refractivity contribution in [3.05, 3.63) is 29.3 Å². The maximum Gasteiger partial charge on any atom is 0.250 e. The third kappa shape index (κ3) is 2.73. The lowest BCUT2D eigenvalue weighted by Gasteiger charge is -2.24. The summed E-state index contributed by atoms with van der Waals surface area (Å²) in [4.78, 5) is 13.4. The molecule has 0 radical (unpaired) electrons. The van der Waals surface area contributed by atoms with Gasteiger partial charge in [0, 0.05) is 25.3 Å². The SMILES string of the molecule is CCN(CCN)c1cc(C)ccc1C(N)=O. The summed E-state index contributed by atoms with van der Waals surface area (Å²) in [5.74, 6) is -0.398. The van der Waals surface area contributed by atoms with Gasteiger partial charge in [-0.1, -0.05) is 6.07 Å². The molecule has 1 amide bonds. The Morgan fingerprint density at radius 2 is 2.12 bits per heavy atom. The van der Waals surface area contributed by atoms with Gasteiger partial charge in [0.05, 0.1) is 5.56 Å². The number of hydrogen-bond donors (Lipinski definition) is 2. The predicted octanol–water partition coefficient (Wildman–Crippen LogP) is 0.879. The highest BCUT2D eigenvalue weighted by Crippen LogP contribution is 2.21. The second-order valence-electron chi connectivity index (χ2n) is 3.75. The zero-order chi connectivity index (χ0) is 12.1. The molecule has 0 aliphatic rings. The first kappa shape index (κ1) is 12.5. The van der Waals surface area contributed by atoms with Crippen molar-refractivity contribution in [1.82, 2.24) is 0 Å². The summed E-state index contributed by atoms with van der Waals surface area (Å²) in [6.45, 7) is 6.11. The first-order valence-corrected chi connectivity index (χ1v) is 5.45. The fourth-order valence-corrected chi connectivity index (χ4v) is 1.72. The van der Waals surface area contributed by atoms with E-state index in [1.807, 2.05) is 26.0 Å². The van der Waals surface area contributed by atoms with Crippen molar-refractivity contribution in [2.24, 2.45) is 11.5 Å². The molecular formula is C12H19N3O. The van der Waals surface area contributed by atoms with Crippen LogP contribution in [0.3, 0.4) is 0 Å². The van der Waals surface area contributed by atoms with Crippen LogP contribution in [-0.4, -0.2) is 25.5 Å². The summed E-state index contributed by atoms with van der Waals surface area (Å²) < 4.78 is 0. The molecule has 4 N–H and O–H groups in total. The molecular weight excluding hydrogens is 202 g/mol. The van der Waals surface area contributed by atoms with Gasteiger partial charge in [-0.3, -0.25) is 4.79 Å². The number of carbonyl (C=O) groups is 1. The van der Waals surface area contributed by atoms with Crippen molar-refractivity contribution in [2.75, 3.05) is 24.5 Å². The molecule has 0 saturated heterocycles. The maximum absolute atomic E-state index is 11.3. The Labute approximate surface area is 96.2 Å². The second kappa shape index (κ2) is 5.51. The van der Waals surface area contributed by atoms with Crippen molar-refractivity contribution in [3.63, 3.8) is 0 Å². The number of anilines is 1. The van der Waals surface area contributed by atoms with Crippen LogP contribution in [0.25, 0.3) is 0 Å². The first-order valence-electron chi connectivity index (χ1n) is 5.45. The summed E-state index contributed by atoms with van der Waals surface area (Å²) in [6.07, 6.45) is 0. The van der Waals surface area contributed by atoms with Gasteiger partial charge in [0.2, 0.25) is 0 Å². The van der Waals surface area contributed by atoms with Crippen LogP contribution < -0.4 is 16.4 Å². The van der Waals surface area contributed by atoms with E-state index in [9.17, 15) is 4.79 Å². The van der Waals surface area contributed by atoms with E-state index < -0.39 is 5.91 Å². The standard InChI is InChI=1S/C12H19N3O/c1-3-15(7-6-13)11-8-9(2)4-5-10(11)12(14)16/h4-5,8H,3,6-7,13H2,1-2H3,(H2,14,16). The highest BCUT2D eigenvalue weighted by Gasteiger charge is 2.13. The van der Waals surface area contributed by atoms with Gasteiger partial charge < -0.3 is 16.4 Å². The number of hydrogen-bond acceptors (Lipinski definition) is 3. The van der Waals surface area contributed by atoms with Crippen LogP contribution in [0, 0.1) is 6.92 Å². The van der Waals surface area contributed by atoms with Gasteiger partial charge in [-0.05, 0) is 31.5 Å². The molecule has 4 heteroatoms. The smallest absolute Gasteiger partial charge is 0.250 e. The number of likely N-dealkylation sites (N-methyl/N-ethyl adjacent to an activating group) is 1. The van der Waals surface area contributed by atoms with Gasteiger partial charge in [-0.2, -0.15) is 0 Å². The summed E-state index contributed by atoms with van der Waals surface area (Å²) in [5, 5.41) is 0. The highest BCUT2D eigenvalue weighted by molar-refractivity contribution is 5.98. The largest absolute Gasteiger partial charge is 0.370 e. The summed E-state index contributed by atoms with van der Waals surface area (Å²) in [7, 11) is 0. The lowest BCUT2D eigenvalue weighted by molar-refractivity contribution is 0.100. The van der Waals surface area contributed by atoms with Crippen molar-refractivity contribution in [2.45, 2.75) is 13.8 Å². The van der Waals surface area contributed by atoms with Gasteiger partial charge >= 0.3 is 0 Å². The van der Waals surface area contributed by atoms with Crippen LogP contribution >= 0.6 is 0 Å². The average molecular weight is 221 g/mol. The molecule has 16 heavy (non-hydrogen) atoms. The van der Waals surface area contributed by atoms with Crippen LogP contribution in [0.2, 0.25) is 0 Å². The average Bonchev–Trinajstić information content (AvgIpc) is 2.25. The van der Waals surface area contributed by atoms with E-state index in [1.54, 1.807) is 6.07 Å². The Balaban J connectivity index is 3.16. The van der Waals surface area contributed by atoms with Crippen LogP contribution in [0.4, 0.5) is 5.69 Å². The minimum Gasteiger partial charge on any atom is -0.370 e. The molecule has 88 valence electrons. The molecule has 0 bridgehead atoms. The Morgan fingerprint density at radius 3 is 2.62 bits per heavy atom. The lowest BCUT2D eigenvalue weighted by Crippen LogP contribution is -2.31. The Morgan fingerprint density at radius 1 is 1.44 bits per heavy atom. The molecule has 1 aromatic carbocycles. The van der Waals surface area contributed by atoms with E-state index in [0.29, 0.717) is 12.1 Å². The zero-order valence-electron chi connectivity index (χ0n) is 9.86. The molecule has 0 unspecified atom stereocenters. The predicted molar refractivity (Wildman–Crippen MR) is 66.6 cm³/mol. The first-order chi connectivity index (χ1) is 7.60. The Bertz CT molecular complexity index is 377. The molecule has 0 aliphatic carbocycles. The summed E-state index contributed by atoms with van der Waals surface area (Å²) in [5.41, 5.74) is 13.4. The van der Waals surface area contributed by atoms with Gasteiger partial charge in [0.15, 0.2) is 0 Å². The number of primary amides is 1. The summed E-state index contributed by atoms with van der Waals surface area (Å²) in [6, 6.07) is 5.63. The fourth-order valence-electron chi connectivity index (χ4n) is 1.72. The third-order valence-corrected chi connectivity index (χ3v) is 2.54. The van der Waals surface area contributed by atoms with Gasteiger partial charge in [0.25, 0.3) is 5.91 Å². The second-order valence-corrected chi connectivity index (χ2v) is 3.75. The number of benzene rings is 1. The van der Waals surface area contributed by atoms with Gasteiger partial charge in [0.1, 0.15) is 0 Å². The Hall–Kier alpha value is -1.55. The van der Waals surface area contributed by atoms with Crippen LogP contribution in [0.15, 0.2) is 18.2 Å². The number of rotatable bonds is 5. The van der Waals surface area contributed by atoms with Crippen LogP contribution in [0.1, 0.15) is 22.8 Å². The zero-order valence-corrected chi connectivity index (χ0v) is 9.86. The normalized spacial score (nSPS) is 10.2. The van der Waals surface area contributed by atoms with Crippen molar-refractivity contribution in [1.29, 1.82) is 0 Å². The van der Waals surface area contributed by atoms with Crippen LogP contribution in [0.5, 0.6) is 0 Å². The highest BCUT2D eigenvalue weighted by atomic mass is 16.1. The molecule has 0 atom stereocenters. The molecule has 0 fully saturated rings. The van der Waals surface area contributed by atoms with Crippen molar-refractivity contribution >= 4 is 11.6 Å². The minimum absolute atomic E-state index is 0.398. The molecule has 0 saturated carbocycles. The lowest BCUT2D eigenvalue weighted by atomic mass is 10.1. The van der Waals surface area contributed by atoms with E-state index in [0.717, 1.165) is 24.3 Å². The number of carbonyl (C=O) groups excluding carboxylic acids is 1. The number of nitrogens with two attached hydrogens (primary N) is 2. The molecule has 0 spiro atoms. The number of amides is 1. The molecule has 1 aromatic rings. The van der Waals surface area contributed by atoms with E-state index in [4.69, 9.17) is 11.5 Å². The molecule has 4 nitrogen and oxygen atoms in total. The topological polar surface area (TPSA) is 72.3 Å². The minimum atomic E-state index is -0.398. The van der Waals surface area contributed by atoms with Crippen molar-refractivity contribution in [3.8, 4) is 0 Å². The monoisotopic (exact) mass is 221 g/mol. The Kier molecular flexibility index (Phi) is 4.31.